The largest absolute Gasteiger partial charge is 0.462 e. The van der Waals surface area contributed by atoms with Gasteiger partial charge in [0.05, 0.1) is 11.5 Å². The Hall–Kier alpha value is -3.11. The molecule has 2 rings (SSSR count). The van der Waals surface area contributed by atoms with Gasteiger partial charge >= 0.3 is 12.1 Å². The molecule has 0 fully saturated rings. The minimum absolute atomic E-state index is 0.0862. The van der Waals surface area contributed by atoms with Gasteiger partial charge in [-0.05, 0) is 13.0 Å². The van der Waals surface area contributed by atoms with Crippen molar-refractivity contribution in [3.05, 3.63) is 45.6 Å². The van der Waals surface area contributed by atoms with Crippen LogP contribution in [0, 0.1) is 10.1 Å². The summed E-state index contributed by atoms with van der Waals surface area (Å²) in [6, 6.07) is 2.13. The molecule has 25 heavy (non-hydrogen) atoms. The molecule has 11 heteroatoms. The van der Waals surface area contributed by atoms with Crippen LogP contribution >= 0.6 is 0 Å². The lowest BCUT2D eigenvalue weighted by molar-refractivity contribution is -0.388. The van der Waals surface area contributed by atoms with E-state index in [9.17, 15) is 28.1 Å². The Balaban J connectivity index is 2.42. The van der Waals surface area contributed by atoms with Crippen LogP contribution in [0.25, 0.3) is 0 Å². The second kappa shape index (κ2) is 6.79. The molecular weight excluding hydrogens is 347 g/mol. The fourth-order valence-electron chi connectivity index (χ4n) is 1.97. The first kappa shape index (κ1) is 18.2. The Bertz CT molecular complexity index is 817. The van der Waals surface area contributed by atoms with Crippen LogP contribution in [0.2, 0.25) is 0 Å². The number of carbonyl (C=O) groups excluding carboxylic acids is 1. The van der Waals surface area contributed by atoms with Gasteiger partial charge in [-0.25, -0.2) is 4.79 Å². The fourth-order valence-corrected chi connectivity index (χ4v) is 1.97. The number of rotatable bonds is 5. The monoisotopic (exact) mass is 359 g/mol. The molecule has 1 heterocycles. The summed E-state index contributed by atoms with van der Waals surface area (Å²) in [7, 11) is 1.48. The van der Waals surface area contributed by atoms with Crippen molar-refractivity contribution in [1.29, 1.82) is 0 Å². The standard InChI is InChI=1S/C14H12F3N3O5/c1-3-24-13(21)9-7-19(2)18-12(9)25-8-4-5-11(20(22)23)10(6-8)14(15,16)17/h4-7H,3H2,1-2H3. The van der Waals surface area contributed by atoms with E-state index in [0.717, 1.165) is 6.07 Å². The SMILES string of the molecule is CCOC(=O)c1cn(C)nc1Oc1ccc([N+](=O)[O-])c(C(F)(F)F)c1. The first-order valence-electron chi connectivity index (χ1n) is 6.87. The van der Waals surface area contributed by atoms with Crippen LogP contribution in [-0.2, 0) is 18.0 Å². The van der Waals surface area contributed by atoms with E-state index in [1.54, 1.807) is 6.92 Å². The summed E-state index contributed by atoms with van der Waals surface area (Å²) in [6.45, 7) is 1.67. The van der Waals surface area contributed by atoms with Gasteiger partial charge in [-0.1, -0.05) is 0 Å². The molecular formula is C14H12F3N3O5. The van der Waals surface area contributed by atoms with E-state index < -0.39 is 28.3 Å². The van der Waals surface area contributed by atoms with Gasteiger partial charge in [0, 0.05) is 25.4 Å². The van der Waals surface area contributed by atoms with Gasteiger partial charge in [-0.3, -0.25) is 14.8 Å². The predicted molar refractivity (Wildman–Crippen MR) is 77.3 cm³/mol. The molecule has 8 nitrogen and oxygen atoms in total. The number of benzene rings is 1. The molecule has 0 amide bonds. The highest BCUT2D eigenvalue weighted by Gasteiger charge is 2.38. The van der Waals surface area contributed by atoms with Crippen LogP contribution in [0.4, 0.5) is 18.9 Å². The Morgan fingerprint density at radius 1 is 1.40 bits per heavy atom. The zero-order valence-corrected chi connectivity index (χ0v) is 13.0. The number of aromatic nitrogens is 2. The van der Waals surface area contributed by atoms with Gasteiger partial charge in [0.2, 0.25) is 0 Å². The highest BCUT2D eigenvalue weighted by atomic mass is 19.4. The van der Waals surface area contributed by atoms with Gasteiger partial charge in [-0.2, -0.15) is 13.2 Å². The third kappa shape index (κ3) is 4.05. The smallest absolute Gasteiger partial charge is 0.423 e. The van der Waals surface area contributed by atoms with Crippen LogP contribution in [0.3, 0.4) is 0 Å². The first-order chi connectivity index (χ1) is 11.6. The molecule has 0 unspecified atom stereocenters. The second-order valence-corrected chi connectivity index (χ2v) is 4.78. The number of carbonyl (C=O) groups is 1. The van der Waals surface area contributed by atoms with Gasteiger partial charge in [0.15, 0.2) is 0 Å². The molecule has 0 spiro atoms. The summed E-state index contributed by atoms with van der Waals surface area (Å²) in [5.74, 6) is -1.39. The van der Waals surface area contributed by atoms with E-state index in [1.165, 1.54) is 17.9 Å². The van der Waals surface area contributed by atoms with E-state index in [1.807, 2.05) is 0 Å². The molecule has 0 saturated heterocycles. The summed E-state index contributed by atoms with van der Waals surface area (Å²) in [4.78, 5) is 21.4. The Labute approximate surface area is 138 Å². The van der Waals surface area contributed by atoms with Crippen molar-refractivity contribution in [2.24, 2.45) is 7.05 Å². The average molecular weight is 359 g/mol. The number of ether oxygens (including phenoxy) is 2. The number of esters is 1. The van der Waals surface area contributed by atoms with Gasteiger partial charge in [0.1, 0.15) is 16.9 Å². The minimum Gasteiger partial charge on any atom is -0.462 e. The molecule has 0 N–H and O–H groups in total. The van der Waals surface area contributed by atoms with Crippen LogP contribution in [-0.4, -0.2) is 27.3 Å². The number of hydrogen-bond acceptors (Lipinski definition) is 6. The van der Waals surface area contributed by atoms with Gasteiger partial charge < -0.3 is 9.47 Å². The summed E-state index contributed by atoms with van der Waals surface area (Å²) < 4.78 is 50.2. The van der Waals surface area contributed by atoms with Crippen molar-refractivity contribution in [3.63, 3.8) is 0 Å². The molecule has 0 saturated carbocycles. The maximum atomic E-state index is 13.0. The third-order valence-corrected chi connectivity index (χ3v) is 2.97. The molecule has 0 aliphatic rings. The zero-order chi connectivity index (χ0) is 18.8. The van der Waals surface area contributed by atoms with E-state index in [2.05, 4.69) is 5.10 Å². The maximum Gasteiger partial charge on any atom is 0.423 e. The maximum absolute atomic E-state index is 13.0. The quantitative estimate of drug-likeness (QED) is 0.462. The summed E-state index contributed by atoms with van der Waals surface area (Å²) in [5.41, 5.74) is -2.66. The van der Waals surface area contributed by atoms with Crippen LogP contribution in [0.1, 0.15) is 22.8 Å². The number of nitrogens with zero attached hydrogens (tertiary/aromatic N) is 3. The molecule has 1 aromatic heterocycles. The average Bonchev–Trinajstić information content (AvgIpc) is 2.87. The predicted octanol–water partition coefficient (Wildman–Crippen LogP) is 3.32. The number of aryl methyl sites for hydroxylation is 1. The lowest BCUT2D eigenvalue weighted by Crippen LogP contribution is -2.09. The van der Waals surface area contributed by atoms with Crippen molar-refractivity contribution >= 4 is 11.7 Å². The molecule has 0 aliphatic heterocycles. The highest BCUT2D eigenvalue weighted by Crippen LogP contribution is 2.39. The van der Waals surface area contributed by atoms with E-state index in [4.69, 9.17) is 9.47 Å². The van der Waals surface area contributed by atoms with Gasteiger partial charge in [-0.15, -0.1) is 5.10 Å². The second-order valence-electron chi connectivity index (χ2n) is 4.78. The molecule has 0 atom stereocenters. The topological polar surface area (TPSA) is 96.5 Å². The first-order valence-corrected chi connectivity index (χ1v) is 6.87. The summed E-state index contributed by atoms with van der Waals surface area (Å²) >= 11 is 0. The van der Waals surface area contributed by atoms with Crippen molar-refractivity contribution in [2.75, 3.05) is 6.61 Å². The number of nitro groups is 1. The van der Waals surface area contributed by atoms with Gasteiger partial charge in [0.25, 0.3) is 11.6 Å². The molecule has 0 bridgehead atoms. The van der Waals surface area contributed by atoms with E-state index >= 15 is 0 Å². The number of nitro benzene ring substituents is 1. The van der Waals surface area contributed by atoms with Crippen molar-refractivity contribution < 1.29 is 32.4 Å². The van der Waals surface area contributed by atoms with Crippen molar-refractivity contribution in [3.8, 4) is 11.6 Å². The Morgan fingerprint density at radius 3 is 2.64 bits per heavy atom. The Morgan fingerprint density at radius 2 is 2.08 bits per heavy atom. The number of alkyl halides is 3. The highest BCUT2D eigenvalue weighted by molar-refractivity contribution is 5.91. The normalized spacial score (nSPS) is 11.2. The third-order valence-electron chi connectivity index (χ3n) is 2.97. The van der Waals surface area contributed by atoms with Crippen LogP contribution in [0.15, 0.2) is 24.4 Å². The van der Waals surface area contributed by atoms with E-state index in [0.29, 0.717) is 12.1 Å². The number of hydrogen-bond donors (Lipinski definition) is 0. The molecule has 2 aromatic rings. The molecule has 0 radical (unpaired) electrons. The zero-order valence-electron chi connectivity index (χ0n) is 13.0. The molecule has 0 aliphatic carbocycles. The lowest BCUT2D eigenvalue weighted by atomic mass is 10.1. The number of halogens is 3. The van der Waals surface area contributed by atoms with Crippen LogP contribution in [0.5, 0.6) is 11.6 Å². The summed E-state index contributed by atoms with van der Waals surface area (Å²) in [5, 5.41) is 14.6. The summed E-state index contributed by atoms with van der Waals surface area (Å²) in [6.07, 6.45) is -3.67. The Kier molecular flexibility index (Phi) is 4.95. The molecule has 134 valence electrons. The van der Waals surface area contributed by atoms with Crippen LogP contribution < -0.4 is 4.74 Å². The molecule has 1 aromatic carbocycles. The fraction of sp³-hybridized carbons (Fsp3) is 0.286. The van der Waals surface area contributed by atoms with Crippen molar-refractivity contribution in [1.82, 2.24) is 9.78 Å². The minimum atomic E-state index is -4.95. The van der Waals surface area contributed by atoms with E-state index in [-0.39, 0.29) is 23.8 Å². The van der Waals surface area contributed by atoms with Crippen molar-refractivity contribution in [2.45, 2.75) is 13.1 Å². The lowest BCUT2D eigenvalue weighted by Gasteiger charge is -2.10.